The van der Waals surface area contributed by atoms with E-state index in [1.54, 1.807) is 21.8 Å². The van der Waals surface area contributed by atoms with E-state index in [9.17, 15) is 9.18 Å². The Morgan fingerprint density at radius 3 is 3.09 bits per heavy atom. The topological polar surface area (TPSA) is 97.1 Å². The summed E-state index contributed by atoms with van der Waals surface area (Å²) in [6, 6.07) is 2.62. The number of nitrogens with zero attached hydrogens (tertiary/aromatic N) is 6. The molecule has 3 aliphatic rings. The van der Waals surface area contributed by atoms with Gasteiger partial charge < -0.3 is 15.0 Å². The number of carbonyl (C=O) groups excluding carboxylic acids is 1. The molecule has 2 saturated heterocycles. The molecule has 3 atom stereocenters. The lowest BCUT2D eigenvalue weighted by molar-refractivity contribution is 0.0578. The number of likely N-dealkylation sites (N-methyl/N-ethyl adjacent to an activating group) is 1. The molecule has 0 radical (unpaired) electrons. The maximum atomic E-state index is 14.3. The van der Waals surface area contributed by atoms with Gasteiger partial charge in [0.15, 0.2) is 11.5 Å². The number of hydroxylamine groups is 1. The number of pyridine rings is 1. The van der Waals surface area contributed by atoms with Gasteiger partial charge in [-0.05, 0) is 19.5 Å². The molecular weight excluding hydrogens is 417 g/mol. The SMILES string of the molecule is CN1CC[C@H]2NC(=O)c3cnn4ccc(nc34)N3OCCC3c3cc(F)cnc3O[C@H]2C1. The molecule has 10 nitrogen and oxygen atoms in total. The molecule has 0 spiro atoms. The number of rotatable bonds is 0. The van der Waals surface area contributed by atoms with Crippen LogP contribution in [-0.4, -0.2) is 69.3 Å². The second kappa shape index (κ2) is 7.38. The second-order valence-corrected chi connectivity index (χ2v) is 8.41. The van der Waals surface area contributed by atoms with Crippen molar-refractivity contribution in [1.82, 2.24) is 29.8 Å². The lowest BCUT2D eigenvalue weighted by atomic mass is 10.0. The number of aromatic nitrogens is 4. The smallest absolute Gasteiger partial charge is 0.257 e. The number of hydrogen-bond donors (Lipinski definition) is 1. The Hall–Kier alpha value is -3.31. The minimum Gasteiger partial charge on any atom is -0.471 e. The largest absolute Gasteiger partial charge is 0.471 e. The van der Waals surface area contributed by atoms with Crippen molar-refractivity contribution >= 4 is 17.4 Å². The molecule has 6 rings (SSSR count). The number of carbonyl (C=O) groups is 1. The van der Waals surface area contributed by atoms with E-state index in [-0.39, 0.29) is 24.1 Å². The predicted octanol–water partition coefficient (Wildman–Crippen LogP) is 1.34. The van der Waals surface area contributed by atoms with Crippen LogP contribution in [0.2, 0.25) is 0 Å². The van der Waals surface area contributed by atoms with E-state index in [4.69, 9.17) is 9.57 Å². The summed E-state index contributed by atoms with van der Waals surface area (Å²) in [4.78, 5) is 30.1. The van der Waals surface area contributed by atoms with E-state index >= 15 is 0 Å². The number of fused-ring (bicyclic) bond motifs is 6. The Bertz CT molecular complexity index is 1200. The number of hydrogen-bond acceptors (Lipinski definition) is 8. The average Bonchev–Trinajstić information content (AvgIpc) is 3.43. The van der Waals surface area contributed by atoms with Crippen molar-refractivity contribution in [3.63, 3.8) is 0 Å². The van der Waals surface area contributed by atoms with Gasteiger partial charge in [0.1, 0.15) is 17.5 Å². The summed E-state index contributed by atoms with van der Waals surface area (Å²) in [6.45, 7) is 1.86. The summed E-state index contributed by atoms with van der Waals surface area (Å²) in [7, 11) is 2.00. The molecule has 0 aromatic carbocycles. The molecule has 3 aromatic rings. The highest BCUT2D eigenvalue weighted by molar-refractivity contribution is 6.00. The molecule has 0 aliphatic carbocycles. The predicted molar refractivity (Wildman–Crippen MR) is 111 cm³/mol. The Labute approximate surface area is 182 Å². The van der Waals surface area contributed by atoms with Gasteiger partial charge in [0.05, 0.1) is 31.1 Å². The van der Waals surface area contributed by atoms with E-state index in [2.05, 4.69) is 25.3 Å². The highest BCUT2D eigenvalue weighted by atomic mass is 19.1. The number of ether oxygens (including phenoxy) is 1. The van der Waals surface area contributed by atoms with E-state index in [1.807, 2.05) is 7.05 Å². The minimum atomic E-state index is -0.449. The van der Waals surface area contributed by atoms with Gasteiger partial charge in [-0.15, -0.1) is 0 Å². The molecule has 6 heterocycles. The third-order valence-corrected chi connectivity index (χ3v) is 6.28. The Balaban J connectivity index is 1.53. The van der Waals surface area contributed by atoms with Crippen LogP contribution in [0.4, 0.5) is 10.2 Å². The molecule has 3 aliphatic heterocycles. The first-order chi connectivity index (χ1) is 15.6. The van der Waals surface area contributed by atoms with E-state index in [1.165, 1.54) is 12.3 Å². The molecule has 1 N–H and O–H groups in total. The Morgan fingerprint density at radius 1 is 1.28 bits per heavy atom. The van der Waals surface area contributed by atoms with Crippen LogP contribution in [0.25, 0.3) is 5.65 Å². The van der Waals surface area contributed by atoms with Crippen LogP contribution in [0.1, 0.15) is 34.8 Å². The van der Waals surface area contributed by atoms with Crippen LogP contribution in [0.5, 0.6) is 5.88 Å². The maximum absolute atomic E-state index is 14.3. The summed E-state index contributed by atoms with van der Waals surface area (Å²) in [5, 5.41) is 9.00. The monoisotopic (exact) mass is 439 g/mol. The summed E-state index contributed by atoms with van der Waals surface area (Å²) >= 11 is 0. The first-order valence-electron chi connectivity index (χ1n) is 10.6. The number of nitrogens with one attached hydrogen (secondary N) is 1. The number of anilines is 1. The van der Waals surface area contributed by atoms with Crippen molar-refractivity contribution in [1.29, 1.82) is 0 Å². The fourth-order valence-corrected chi connectivity index (χ4v) is 4.64. The van der Waals surface area contributed by atoms with Gasteiger partial charge in [-0.2, -0.15) is 5.10 Å². The fourth-order valence-electron chi connectivity index (χ4n) is 4.64. The zero-order chi connectivity index (χ0) is 21.8. The highest BCUT2D eigenvalue weighted by Crippen LogP contribution is 2.38. The van der Waals surface area contributed by atoms with E-state index in [0.29, 0.717) is 54.5 Å². The van der Waals surface area contributed by atoms with Crippen LogP contribution in [-0.2, 0) is 4.84 Å². The van der Waals surface area contributed by atoms with Crippen molar-refractivity contribution in [3.05, 3.63) is 47.7 Å². The van der Waals surface area contributed by atoms with Gasteiger partial charge in [-0.1, -0.05) is 0 Å². The Kier molecular flexibility index (Phi) is 4.47. The highest BCUT2D eigenvalue weighted by Gasteiger charge is 2.37. The van der Waals surface area contributed by atoms with Crippen molar-refractivity contribution in [3.8, 4) is 5.88 Å². The molecule has 11 heteroatoms. The first-order valence-corrected chi connectivity index (χ1v) is 10.6. The third kappa shape index (κ3) is 3.16. The summed E-state index contributed by atoms with van der Waals surface area (Å²) < 4.78 is 22.2. The fraction of sp³-hybridized carbons (Fsp3) is 0.429. The molecule has 0 saturated carbocycles. The van der Waals surface area contributed by atoms with Crippen molar-refractivity contribution in [2.24, 2.45) is 0 Å². The Morgan fingerprint density at radius 2 is 2.19 bits per heavy atom. The zero-order valence-electron chi connectivity index (χ0n) is 17.4. The van der Waals surface area contributed by atoms with Gasteiger partial charge in [0, 0.05) is 37.3 Å². The molecule has 32 heavy (non-hydrogen) atoms. The number of amides is 1. The van der Waals surface area contributed by atoms with Crippen LogP contribution in [0.15, 0.2) is 30.7 Å². The maximum Gasteiger partial charge on any atom is 0.257 e. The summed E-state index contributed by atoms with van der Waals surface area (Å²) in [6.07, 6.45) is 5.37. The minimum absolute atomic E-state index is 0.242. The van der Waals surface area contributed by atoms with Crippen molar-refractivity contribution in [2.45, 2.75) is 31.0 Å². The normalized spacial score (nSPS) is 25.8. The zero-order valence-corrected chi connectivity index (χ0v) is 17.4. The second-order valence-electron chi connectivity index (χ2n) is 8.41. The van der Waals surface area contributed by atoms with Crippen LogP contribution < -0.4 is 15.1 Å². The van der Waals surface area contributed by atoms with Gasteiger partial charge in [0.25, 0.3) is 5.91 Å². The molecule has 1 unspecified atom stereocenters. The van der Waals surface area contributed by atoms with Gasteiger partial charge in [-0.25, -0.2) is 23.9 Å². The average molecular weight is 439 g/mol. The summed E-state index contributed by atoms with van der Waals surface area (Å²) in [5.74, 6) is 0.129. The number of piperidine rings is 1. The van der Waals surface area contributed by atoms with Crippen molar-refractivity contribution < 1.29 is 18.8 Å². The first kappa shape index (κ1) is 19.4. The molecule has 166 valence electrons. The van der Waals surface area contributed by atoms with Crippen molar-refractivity contribution in [2.75, 3.05) is 31.8 Å². The quantitative estimate of drug-likeness (QED) is 0.561. The van der Waals surface area contributed by atoms with Gasteiger partial charge in [0.2, 0.25) is 5.88 Å². The standard InChI is InChI=1S/C21H22FN7O3/c1-27-5-2-15-17(11-27)32-21-13(8-12(22)9-23-21)16-4-7-31-29(16)18-3-6-28-19(26-18)14(10-24-28)20(30)25-15/h3,6,8-10,15-17H,2,4-5,7,11H2,1H3,(H,25,30)/t15-,16?,17+/m1/s1. The lowest BCUT2D eigenvalue weighted by Gasteiger charge is -2.37. The van der Waals surface area contributed by atoms with Crippen LogP contribution >= 0.6 is 0 Å². The van der Waals surface area contributed by atoms with Crippen LogP contribution in [0, 0.1) is 5.82 Å². The molecule has 2 bridgehead atoms. The molecule has 3 aromatic heterocycles. The molecular formula is C21H22FN7O3. The molecule has 1 amide bonds. The van der Waals surface area contributed by atoms with Crippen LogP contribution in [0.3, 0.4) is 0 Å². The van der Waals surface area contributed by atoms with E-state index < -0.39 is 5.82 Å². The summed E-state index contributed by atoms with van der Waals surface area (Å²) in [5.41, 5.74) is 1.40. The van der Waals surface area contributed by atoms with Gasteiger partial charge >= 0.3 is 0 Å². The number of halogens is 1. The van der Waals surface area contributed by atoms with Gasteiger partial charge in [-0.3, -0.25) is 9.63 Å². The lowest BCUT2D eigenvalue weighted by Crippen LogP contribution is -2.55. The molecule has 2 fully saturated rings. The third-order valence-electron chi connectivity index (χ3n) is 6.28. The number of likely N-dealkylation sites (tertiary alicyclic amines) is 1. The van der Waals surface area contributed by atoms with E-state index in [0.717, 1.165) is 12.7 Å².